The molecule has 1 amide bonds. The van der Waals surface area contributed by atoms with Crippen molar-refractivity contribution in [2.24, 2.45) is 0 Å². The molecule has 0 aromatic heterocycles. The van der Waals surface area contributed by atoms with Crippen molar-refractivity contribution in [1.82, 2.24) is 5.32 Å². The maximum absolute atomic E-state index is 13.4. The van der Waals surface area contributed by atoms with E-state index in [1.807, 2.05) is 61.6 Å². The van der Waals surface area contributed by atoms with E-state index in [1.165, 1.54) is 11.8 Å². The summed E-state index contributed by atoms with van der Waals surface area (Å²) in [5, 5.41) is 3.20. The summed E-state index contributed by atoms with van der Waals surface area (Å²) in [6.07, 6.45) is 3.11. The Morgan fingerprint density at radius 3 is 2.41 bits per heavy atom. The van der Waals surface area contributed by atoms with Crippen LogP contribution in [0.3, 0.4) is 0 Å². The maximum atomic E-state index is 13.4. The molecule has 3 aromatic rings. The van der Waals surface area contributed by atoms with Crippen molar-refractivity contribution in [2.45, 2.75) is 23.8 Å². The summed E-state index contributed by atoms with van der Waals surface area (Å²) < 4.78 is 17.1. The lowest BCUT2D eigenvalue weighted by Crippen LogP contribution is -2.29. The van der Waals surface area contributed by atoms with E-state index >= 15 is 0 Å². The molecule has 7 nitrogen and oxygen atoms in total. The lowest BCUT2D eigenvalue weighted by atomic mass is 9.95. The lowest BCUT2D eigenvalue weighted by molar-refractivity contribution is 0.0935. The Hall–Kier alpha value is -3.65. The van der Waals surface area contributed by atoms with Gasteiger partial charge in [0, 0.05) is 30.9 Å². The molecule has 1 aliphatic carbocycles. The number of nitrogens with zero attached hydrogens (tertiary/aromatic N) is 1. The molecule has 1 N–H and O–H groups in total. The van der Waals surface area contributed by atoms with E-state index in [0.717, 1.165) is 27.9 Å². The van der Waals surface area contributed by atoms with Crippen molar-refractivity contribution in [3.63, 3.8) is 0 Å². The summed E-state index contributed by atoms with van der Waals surface area (Å²) >= 11 is 1.39. The van der Waals surface area contributed by atoms with Gasteiger partial charge in [-0.3, -0.25) is 9.59 Å². The molecule has 0 saturated heterocycles. The zero-order valence-corrected chi connectivity index (χ0v) is 22.8. The largest absolute Gasteiger partial charge is 0.493 e. The molecule has 4 rings (SSSR count). The second-order valence-corrected chi connectivity index (χ2v) is 9.82. The van der Waals surface area contributed by atoms with Crippen molar-refractivity contribution >= 4 is 23.4 Å². The summed E-state index contributed by atoms with van der Waals surface area (Å²) in [5.74, 6) is 1.39. The van der Waals surface area contributed by atoms with Crippen LogP contribution in [0.1, 0.15) is 33.9 Å². The zero-order valence-electron chi connectivity index (χ0n) is 22.0. The van der Waals surface area contributed by atoms with E-state index < -0.39 is 6.04 Å². The average Bonchev–Trinajstić information content (AvgIpc) is 3.15. The topological polar surface area (TPSA) is 77.1 Å². The van der Waals surface area contributed by atoms with Gasteiger partial charge in [0.1, 0.15) is 0 Å². The molecule has 1 aliphatic rings. The smallest absolute Gasteiger partial charge is 0.251 e. The van der Waals surface area contributed by atoms with Crippen molar-refractivity contribution in [2.75, 3.05) is 46.6 Å². The minimum atomic E-state index is -0.394. The molecule has 0 unspecified atom stereocenters. The Labute approximate surface area is 221 Å². The van der Waals surface area contributed by atoms with Crippen LogP contribution in [0.25, 0.3) is 11.1 Å². The van der Waals surface area contributed by atoms with Crippen LogP contribution in [0.5, 0.6) is 17.2 Å². The molecule has 37 heavy (non-hydrogen) atoms. The van der Waals surface area contributed by atoms with Gasteiger partial charge in [0.25, 0.3) is 5.91 Å². The first-order valence-electron chi connectivity index (χ1n) is 12.0. The molecule has 0 bridgehead atoms. The number of thioether (sulfide) groups is 1. The second kappa shape index (κ2) is 11.2. The number of rotatable bonds is 7. The second-order valence-electron chi connectivity index (χ2n) is 8.97. The molecular formula is C29H32N2O5S. The highest BCUT2D eigenvalue weighted by Gasteiger charge is 2.30. The van der Waals surface area contributed by atoms with Crippen LogP contribution in [0, 0.1) is 0 Å². The van der Waals surface area contributed by atoms with Gasteiger partial charge in [-0.1, -0.05) is 12.1 Å². The Morgan fingerprint density at radius 2 is 1.76 bits per heavy atom. The van der Waals surface area contributed by atoms with Crippen LogP contribution >= 0.6 is 11.8 Å². The van der Waals surface area contributed by atoms with E-state index in [0.29, 0.717) is 40.5 Å². The Balaban J connectivity index is 1.90. The fourth-order valence-electron chi connectivity index (χ4n) is 4.78. The van der Waals surface area contributed by atoms with Crippen LogP contribution < -0.4 is 29.9 Å². The molecule has 0 spiro atoms. The molecule has 0 radical (unpaired) electrons. The number of hydrogen-bond acceptors (Lipinski definition) is 7. The lowest BCUT2D eigenvalue weighted by Gasteiger charge is -2.20. The zero-order chi connectivity index (χ0) is 26.7. The minimum absolute atomic E-state index is 0.0921. The highest BCUT2D eigenvalue weighted by atomic mass is 32.2. The number of fused-ring (bicyclic) bond motifs is 3. The number of benzene rings is 2. The number of carbonyl (C=O) groups excluding carboxylic acids is 1. The summed E-state index contributed by atoms with van der Waals surface area (Å²) in [4.78, 5) is 29.1. The average molecular weight is 521 g/mol. The first kappa shape index (κ1) is 26.4. The van der Waals surface area contributed by atoms with E-state index in [4.69, 9.17) is 14.2 Å². The molecule has 0 fully saturated rings. The summed E-state index contributed by atoms with van der Waals surface area (Å²) in [5.41, 5.74) is 4.79. The molecule has 0 saturated carbocycles. The normalized spacial score (nSPS) is 14.1. The first-order chi connectivity index (χ1) is 17.8. The highest BCUT2D eigenvalue weighted by molar-refractivity contribution is 7.98. The Kier molecular flexibility index (Phi) is 7.97. The number of hydrogen-bond donors (Lipinski definition) is 1. The highest BCUT2D eigenvalue weighted by Crippen LogP contribution is 2.50. The van der Waals surface area contributed by atoms with Crippen LogP contribution in [-0.2, 0) is 6.42 Å². The summed E-state index contributed by atoms with van der Waals surface area (Å²) in [6.45, 7) is 0. The van der Waals surface area contributed by atoms with Gasteiger partial charge in [-0.05, 0) is 72.2 Å². The predicted molar refractivity (Wildman–Crippen MR) is 149 cm³/mol. The van der Waals surface area contributed by atoms with E-state index in [9.17, 15) is 9.59 Å². The van der Waals surface area contributed by atoms with Crippen molar-refractivity contribution < 1.29 is 19.0 Å². The van der Waals surface area contributed by atoms with Crippen LogP contribution in [-0.4, -0.2) is 47.6 Å². The predicted octanol–water partition coefficient (Wildman–Crippen LogP) is 4.94. The monoisotopic (exact) mass is 520 g/mol. The van der Waals surface area contributed by atoms with Gasteiger partial charge in [0.05, 0.1) is 32.3 Å². The Morgan fingerprint density at radius 1 is 1.00 bits per heavy atom. The molecular weight excluding hydrogens is 488 g/mol. The van der Waals surface area contributed by atoms with Crippen LogP contribution in [0.4, 0.5) is 5.69 Å². The number of aryl methyl sites for hydroxylation is 1. The van der Waals surface area contributed by atoms with Gasteiger partial charge in [-0.2, -0.15) is 0 Å². The molecule has 194 valence electrons. The fraction of sp³-hybridized carbons (Fsp3) is 0.310. The maximum Gasteiger partial charge on any atom is 0.251 e. The molecule has 3 aromatic carbocycles. The van der Waals surface area contributed by atoms with Crippen LogP contribution in [0.15, 0.2) is 58.2 Å². The quantitative estimate of drug-likeness (QED) is 0.442. The molecule has 0 heterocycles. The summed E-state index contributed by atoms with van der Waals surface area (Å²) in [6, 6.07) is 14.4. The van der Waals surface area contributed by atoms with E-state index in [-0.39, 0.29) is 11.3 Å². The Bertz CT molecular complexity index is 1390. The van der Waals surface area contributed by atoms with E-state index in [2.05, 4.69) is 5.32 Å². The van der Waals surface area contributed by atoms with Gasteiger partial charge in [0.15, 0.2) is 16.9 Å². The third kappa shape index (κ3) is 5.11. The number of methoxy groups -OCH3 is 3. The number of ether oxygens (including phenoxy) is 3. The number of anilines is 1. The van der Waals surface area contributed by atoms with Crippen LogP contribution in [0.2, 0.25) is 0 Å². The first-order valence-corrected chi connectivity index (χ1v) is 13.2. The standard InChI is InChI=1S/C29H32N2O5S/c1-31(2)19-9-7-8-18(14-19)29(33)30-22-12-10-17-15-24(34-3)27(35-4)28(36-5)26(17)20-11-13-25(37-6)23(32)16-21(20)22/h7-9,11,13-16,22H,10,12H2,1-6H3,(H,30,33)/t22-/m0/s1. The minimum Gasteiger partial charge on any atom is -0.493 e. The van der Waals surface area contributed by atoms with Gasteiger partial charge < -0.3 is 24.4 Å². The van der Waals surface area contributed by atoms with Gasteiger partial charge in [-0.25, -0.2) is 0 Å². The number of carbonyl (C=O) groups is 1. The number of amides is 1. The van der Waals surface area contributed by atoms with Gasteiger partial charge in [0.2, 0.25) is 5.75 Å². The fourth-order valence-corrected chi connectivity index (χ4v) is 5.25. The molecule has 1 atom stereocenters. The van der Waals surface area contributed by atoms with Gasteiger partial charge in [-0.15, -0.1) is 11.8 Å². The number of nitrogens with one attached hydrogen (secondary N) is 1. The third-order valence-corrected chi connectivity index (χ3v) is 7.43. The van der Waals surface area contributed by atoms with Crippen molar-refractivity contribution in [3.05, 3.63) is 75.4 Å². The summed E-state index contributed by atoms with van der Waals surface area (Å²) in [7, 11) is 8.62. The van der Waals surface area contributed by atoms with E-state index in [1.54, 1.807) is 33.5 Å². The van der Waals surface area contributed by atoms with Gasteiger partial charge >= 0.3 is 0 Å². The third-order valence-electron chi connectivity index (χ3n) is 6.65. The molecule has 0 aliphatic heterocycles. The SMILES string of the molecule is COc1cc2c(c(OC)c1OC)-c1ccc(SC)c(=O)cc1[C@@H](NC(=O)c1cccc(N(C)C)c1)CC2. The van der Waals surface area contributed by atoms with Crippen molar-refractivity contribution in [3.8, 4) is 28.4 Å². The van der Waals surface area contributed by atoms with Crippen molar-refractivity contribution in [1.29, 1.82) is 0 Å². The molecule has 8 heteroatoms.